The number of ether oxygens (including phenoxy) is 1. The molecule has 0 atom stereocenters. The Hall–Kier alpha value is -1.25. The molecule has 13 heavy (non-hydrogen) atoms. The molecule has 0 fully saturated rings. The molecule has 1 aromatic heterocycles. The smallest absolute Gasteiger partial charge is 0.168 e. The standard InChI is InChI=1S/C10H16N2O/c1-7(2)8-5-6-12-10(11-3)9(8)13-4/h5-7H,1-4H3,(H,11,12). The molecule has 3 heteroatoms. The third-order valence-corrected chi connectivity index (χ3v) is 2.00. The van der Waals surface area contributed by atoms with E-state index in [0.717, 1.165) is 11.6 Å². The highest BCUT2D eigenvalue weighted by atomic mass is 16.5. The summed E-state index contributed by atoms with van der Waals surface area (Å²) >= 11 is 0. The van der Waals surface area contributed by atoms with Gasteiger partial charge in [-0.15, -0.1) is 0 Å². The number of methoxy groups -OCH3 is 1. The lowest BCUT2D eigenvalue weighted by molar-refractivity contribution is 0.408. The van der Waals surface area contributed by atoms with Gasteiger partial charge in [0.1, 0.15) is 0 Å². The zero-order chi connectivity index (χ0) is 9.84. The summed E-state index contributed by atoms with van der Waals surface area (Å²) in [6.07, 6.45) is 1.80. The van der Waals surface area contributed by atoms with Gasteiger partial charge in [-0.05, 0) is 12.0 Å². The number of hydrogen-bond acceptors (Lipinski definition) is 3. The molecule has 1 N–H and O–H groups in total. The molecule has 3 nitrogen and oxygen atoms in total. The summed E-state index contributed by atoms with van der Waals surface area (Å²) in [4.78, 5) is 4.17. The molecule has 0 bridgehead atoms. The predicted molar refractivity (Wildman–Crippen MR) is 54.4 cm³/mol. The van der Waals surface area contributed by atoms with Crippen molar-refractivity contribution in [2.45, 2.75) is 19.8 Å². The first-order valence-electron chi connectivity index (χ1n) is 4.41. The quantitative estimate of drug-likeness (QED) is 0.774. The van der Waals surface area contributed by atoms with Crippen molar-refractivity contribution in [3.63, 3.8) is 0 Å². The van der Waals surface area contributed by atoms with Gasteiger partial charge >= 0.3 is 0 Å². The summed E-state index contributed by atoms with van der Waals surface area (Å²) in [7, 11) is 3.51. The summed E-state index contributed by atoms with van der Waals surface area (Å²) in [6, 6.07) is 1.99. The predicted octanol–water partition coefficient (Wildman–Crippen LogP) is 2.26. The summed E-state index contributed by atoms with van der Waals surface area (Å²) in [5.74, 6) is 2.10. The van der Waals surface area contributed by atoms with Crippen molar-refractivity contribution in [1.29, 1.82) is 0 Å². The molecule has 0 spiro atoms. The molecule has 0 saturated heterocycles. The van der Waals surface area contributed by atoms with Gasteiger partial charge in [0.25, 0.3) is 0 Å². The first kappa shape index (κ1) is 9.84. The molecule has 0 unspecified atom stereocenters. The number of nitrogens with zero attached hydrogens (tertiary/aromatic N) is 1. The van der Waals surface area contributed by atoms with Gasteiger partial charge in [-0.3, -0.25) is 0 Å². The van der Waals surface area contributed by atoms with Crippen LogP contribution >= 0.6 is 0 Å². The van der Waals surface area contributed by atoms with E-state index in [9.17, 15) is 0 Å². The molecule has 1 heterocycles. The molecule has 0 aliphatic carbocycles. The van der Waals surface area contributed by atoms with Crippen molar-refractivity contribution in [1.82, 2.24) is 4.98 Å². The first-order chi connectivity index (χ1) is 6.20. The van der Waals surface area contributed by atoms with Crippen molar-refractivity contribution in [2.75, 3.05) is 19.5 Å². The van der Waals surface area contributed by atoms with Gasteiger partial charge in [0, 0.05) is 18.8 Å². The molecule has 0 amide bonds. The van der Waals surface area contributed by atoms with E-state index in [1.54, 1.807) is 13.3 Å². The highest BCUT2D eigenvalue weighted by Gasteiger charge is 2.11. The second-order valence-corrected chi connectivity index (χ2v) is 3.19. The molecule has 1 aromatic rings. The van der Waals surface area contributed by atoms with Crippen LogP contribution in [-0.4, -0.2) is 19.1 Å². The minimum atomic E-state index is 0.449. The second-order valence-electron chi connectivity index (χ2n) is 3.19. The van der Waals surface area contributed by atoms with Crippen LogP contribution in [0, 0.1) is 0 Å². The molecule has 1 rings (SSSR count). The molecule has 0 aromatic carbocycles. The average molecular weight is 180 g/mol. The van der Waals surface area contributed by atoms with Crippen LogP contribution in [0.1, 0.15) is 25.3 Å². The lowest BCUT2D eigenvalue weighted by Gasteiger charge is -2.14. The van der Waals surface area contributed by atoms with Gasteiger partial charge in [0.05, 0.1) is 7.11 Å². The van der Waals surface area contributed by atoms with E-state index >= 15 is 0 Å². The maximum atomic E-state index is 5.30. The number of rotatable bonds is 3. The maximum Gasteiger partial charge on any atom is 0.168 e. The van der Waals surface area contributed by atoms with E-state index in [2.05, 4.69) is 24.1 Å². The largest absolute Gasteiger partial charge is 0.493 e. The Morgan fingerprint density at radius 2 is 2.15 bits per heavy atom. The van der Waals surface area contributed by atoms with Gasteiger partial charge in [-0.2, -0.15) is 0 Å². The van der Waals surface area contributed by atoms with Gasteiger partial charge < -0.3 is 10.1 Å². The summed E-state index contributed by atoms with van der Waals surface area (Å²) in [6.45, 7) is 4.27. The lowest BCUT2D eigenvalue weighted by atomic mass is 10.0. The second kappa shape index (κ2) is 4.12. The number of aromatic nitrogens is 1. The Labute approximate surface area is 79.1 Å². The summed E-state index contributed by atoms with van der Waals surface area (Å²) in [5, 5.41) is 3.01. The van der Waals surface area contributed by atoms with Crippen LogP contribution in [0.4, 0.5) is 5.82 Å². The minimum absolute atomic E-state index is 0.449. The zero-order valence-corrected chi connectivity index (χ0v) is 8.59. The van der Waals surface area contributed by atoms with Crippen molar-refractivity contribution in [3.05, 3.63) is 17.8 Å². The fraction of sp³-hybridized carbons (Fsp3) is 0.500. The normalized spacial score (nSPS) is 10.2. The van der Waals surface area contributed by atoms with Gasteiger partial charge in [0.15, 0.2) is 11.6 Å². The number of hydrogen-bond donors (Lipinski definition) is 1. The zero-order valence-electron chi connectivity index (χ0n) is 8.59. The number of nitrogens with one attached hydrogen (secondary N) is 1. The van der Waals surface area contributed by atoms with Crippen molar-refractivity contribution >= 4 is 5.82 Å². The van der Waals surface area contributed by atoms with Crippen LogP contribution in [0.3, 0.4) is 0 Å². The summed E-state index contributed by atoms with van der Waals surface area (Å²) < 4.78 is 5.30. The Kier molecular flexibility index (Phi) is 3.12. The SMILES string of the molecule is CNc1nccc(C(C)C)c1OC. The Morgan fingerprint density at radius 3 is 2.62 bits per heavy atom. The van der Waals surface area contributed by atoms with Crippen LogP contribution < -0.4 is 10.1 Å². The van der Waals surface area contributed by atoms with Crippen LogP contribution in [-0.2, 0) is 0 Å². The van der Waals surface area contributed by atoms with Crippen LogP contribution in [0.15, 0.2) is 12.3 Å². The van der Waals surface area contributed by atoms with Crippen molar-refractivity contribution < 1.29 is 4.74 Å². The van der Waals surface area contributed by atoms with Gasteiger partial charge in [-0.25, -0.2) is 4.98 Å². The number of anilines is 1. The summed E-state index contributed by atoms with van der Waals surface area (Å²) in [5.41, 5.74) is 1.18. The molecule has 72 valence electrons. The van der Waals surface area contributed by atoms with Crippen LogP contribution in [0.25, 0.3) is 0 Å². The van der Waals surface area contributed by atoms with E-state index in [1.165, 1.54) is 5.56 Å². The third-order valence-electron chi connectivity index (χ3n) is 2.00. The van der Waals surface area contributed by atoms with Gasteiger partial charge in [-0.1, -0.05) is 13.8 Å². The van der Waals surface area contributed by atoms with Crippen LogP contribution in [0.2, 0.25) is 0 Å². The minimum Gasteiger partial charge on any atom is -0.493 e. The Morgan fingerprint density at radius 1 is 1.46 bits per heavy atom. The Balaban J connectivity index is 3.19. The van der Waals surface area contributed by atoms with E-state index in [0.29, 0.717) is 5.92 Å². The first-order valence-corrected chi connectivity index (χ1v) is 4.41. The third kappa shape index (κ3) is 1.91. The van der Waals surface area contributed by atoms with E-state index < -0.39 is 0 Å². The van der Waals surface area contributed by atoms with Crippen molar-refractivity contribution in [3.8, 4) is 5.75 Å². The van der Waals surface area contributed by atoms with Crippen molar-refractivity contribution in [2.24, 2.45) is 0 Å². The molecule has 0 aliphatic heterocycles. The fourth-order valence-corrected chi connectivity index (χ4v) is 1.31. The van der Waals surface area contributed by atoms with Gasteiger partial charge in [0.2, 0.25) is 0 Å². The molecule has 0 aliphatic rings. The monoisotopic (exact) mass is 180 g/mol. The topological polar surface area (TPSA) is 34.2 Å². The molecular formula is C10H16N2O. The number of pyridine rings is 1. The highest BCUT2D eigenvalue weighted by molar-refractivity contribution is 5.54. The lowest BCUT2D eigenvalue weighted by Crippen LogP contribution is -2.01. The van der Waals surface area contributed by atoms with E-state index in [4.69, 9.17) is 4.74 Å². The van der Waals surface area contributed by atoms with E-state index in [1.807, 2.05) is 13.1 Å². The Bertz CT molecular complexity index is 284. The highest BCUT2D eigenvalue weighted by Crippen LogP contribution is 2.31. The fourth-order valence-electron chi connectivity index (χ4n) is 1.31. The molecule has 0 saturated carbocycles. The van der Waals surface area contributed by atoms with Crippen LogP contribution in [0.5, 0.6) is 5.75 Å². The van der Waals surface area contributed by atoms with E-state index in [-0.39, 0.29) is 0 Å². The average Bonchev–Trinajstić information content (AvgIpc) is 2.16. The molecule has 0 radical (unpaired) electrons. The maximum absolute atomic E-state index is 5.30. The molecular weight excluding hydrogens is 164 g/mol.